The Labute approximate surface area is 131 Å². The van der Waals surface area contributed by atoms with Crippen molar-refractivity contribution in [2.45, 2.75) is 13.0 Å². The van der Waals surface area contributed by atoms with Gasteiger partial charge in [0.1, 0.15) is 11.6 Å². The normalized spacial score (nSPS) is 11.6. The predicted octanol–water partition coefficient (Wildman–Crippen LogP) is 4.64. The molecule has 1 N–H and O–H groups in total. The second-order valence-electron chi connectivity index (χ2n) is 4.57. The van der Waals surface area contributed by atoms with Crippen LogP contribution in [-0.4, -0.2) is 7.11 Å². The van der Waals surface area contributed by atoms with E-state index in [1.165, 1.54) is 6.07 Å². The quantitative estimate of drug-likeness (QED) is 0.875. The van der Waals surface area contributed by atoms with Crippen LogP contribution in [0.15, 0.2) is 40.9 Å². The lowest BCUT2D eigenvalue weighted by Crippen LogP contribution is -2.08. The lowest BCUT2D eigenvalue weighted by atomic mass is 10.1. The van der Waals surface area contributed by atoms with Crippen LogP contribution in [0.5, 0.6) is 5.75 Å². The van der Waals surface area contributed by atoms with Crippen molar-refractivity contribution in [1.82, 2.24) is 0 Å². The summed E-state index contributed by atoms with van der Waals surface area (Å²) in [5.41, 5.74) is 2.26. The molecule has 2 rings (SSSR count). The summed E-state index contributed by atoms with van der Waals surface area (Å²) in [4.78, 5) is 0. The molecule has 0 aliphatic rings. The topological polar surface area (TPSA) is 45.0 Å². The van der Waals surface area contributed by atoms with Crippen LogP contribution in [0.2, 0.25) is 0 Å². The van der Waals surface area contributed by atoms with Crippen LogP contribution in [0.1, 0.15) is 24.1 Å². The summed E-state index contributed by atoms with van der Waals surface area (Å²) in [7, 11) is 1.56. The zero-order valence-electron chi connectivity index (χ0n) is 11.7. The van der Waals surface area contributed by atoms with E-state index in [0.717, 1.165) is 11.3 Å². The van der Waals surface area contributed by atoms with E-state index in [0.29, 0.717) is 15.8 Å². The zero-order chi connectivity index (χ0) is 15.4. The predicted molar refractivity (Wildman–Crippen MR) is 83.8 cm³/mol. The van der Waals surface area contributed by atoms with E-state index in [1.54, 1.807) is 37.4 Å². The number of anilines is 1. The molecule has 0 amide bonds. The number of nitrogens with zero attached hydrogens (tertiary/aromatic N) is 1. The van der Waals surface area contributed by atoms with Gasteiger partial charge in [-0.1, -0.05) is 6.07 Å². The largest absolute Gasteiger partial charge is 0.495 e. The molecule has 0 aliphatic heterocycles. The summed E-state index contributed by atoms with van der Waals surface area (Å²) in [6.07, 6.45) is 0. The second-order valence-corrected chi connectivity index (χ2v) is 5.42. The molecule has 1 unspecified atom stereocenters. The fourth-order valence-corrected chi connectivity index (χ4v) is 2.37. The van der Waals surface area contributed by atoms with Gasteiger partial charge in [0.25, 0.3) is 0 Å². The lowest BCUT2D eigenvalue weighted by molar-refractivity contribution is 0.416. The van der Waals surface area contributed by atoms with E-state index in [9.17, 15) is 4.39 Å². The van der Waals surface area contributed by atoms with Gasteiger partial charge in [-0.25, -0.2) is 4.39 Å². The fraction of sp³-hybridized carbons (Fsp3) is 0.188. The Balaban J connectivity index is 2.25. The molecule has 0 saturated heterocycles. The van der Waals surface area contributed by atoms with Crippen molar-refractivity contribution in [1.29, 1.82) is 5.26 Å². The van der Waals surface area contributed by atoms with Gasteiger partial charge in [-0.3, -0.25) is 0 Å². The van der Waals surface area contributed by atoms with Crippen LogP contribution in [-0.2, 0) is 0 Å². The third kappa shape index (κ3) is 3.53. The van der Waals surface area contributed by atoms with E-state index in [-0.39, 0.29) is 11.9 Å². The van der Waals surface area contributed by atoms with Crippen LogP contribution < -0.4 is 10.1 Å². The molecule has 2 aromatic carbocycles. The van der Waals surface area contributed by atoms with Crippen molar-refractivity contribution in [2.24, 2.45) is 0 Å². The molecule has 0 aliphatic carbocycles. The van der Waals surface area contributed by atoms with Gasteiger partial charge in [0.15, 0.2) is 0 Å². The summed E-state index contributed by atoms with van der Waals surface area (Å²) in [5, 5.41) is 12.2. The Morgan fingerprint density at radius 1 is 1.29 bits per heavy atom. The van der Waals surface area contributed by atoms with Crippen LogP contribution in [0.4, 0.5) is 10.1 Å². The maximum absolute atomic E-state index is 13.3. The van der Waals surface area contributed by atoms with Crippen molar-refractivity contribution in [3.8, 4) is 11.8 Å². The molecule has 0 spiro atoms. The van der Waals surface area contributed by atoms with Crippen LogP contribution >= 0.6 is 15.9 Å². The van der Waals surface area contributed by atoms with E-state index in [2.05, 4.69) is 27.3 Å². The van der Waals surface area contributed by atoms with Crippen LogP contribution in [0.3, 0.4) is 0 Å². The summed E-state index contributed by atoms with van der Waals surface area (Å²) in [5.74, 6) is 0.309. The molecule has 3 nitrogen and oxygen atoms in total. The van der Waals surface area contributed by atoms with Gasteiger partial charge in [0.05, 0.1) is 28.9 Å². The number of rotatable bonds is 4. The third-order valence-electron chi connectivity index (χ3n) is 3.15. The smallest absolute Gasteiger partial charge is 0.143 e. The number of hydrogen-bond acceptors (Lipinski definition) is 3. The van der Waals surface area contributed by atoms with Crippen LogP contribution in [0.25, 0.3) is 0 Å². The Hall–Kier alpha value is -2.06. The molecular formula is C16H14BrFN2O. The molecule has 0 bridgehead atoms. The molecular weight excluding hydrogens is 335 g/mol. The lowest BCUT2D eigenvalue weighted by Gasteiger charge is -2.18. The van der Waals surface area contributed by atoms with Crippen molar-refractivity contribution < 1.29 is 9.13 Å². The SMILES string of the molecule is COc1cc(C#N)ccc1NC(C)c1ccc(F)c(Br)c1. The van der Waals surface area contributed by atoms with Gasteiger partial charge in [-0.05, 0) is 52.7 Å². The first-order chi connectivity index (χ1) is 10.0. The monoisotopic (exact) mass is 348 g/mol. The second kappa shape index (κ2) is 6.59. The molecule has 0 heterocycles. The summed E-state index contributed by atoms with van der Waals surface area (Å²) >= 11 is 3.18. The number of ether oxygens (including phenoxy) is 1. The fourth-order valence-electron chi connectivity index (χ4n) is 1.98. The molecule has 1 atom stereocenters. The minimum Gasteiger partial charge on any atom is -0.495 e. The Morgan fingerprint density at radius 3 is 2.67 bits per heavy atom. The molecule has 5 heteroatoms. The molecule has 2 aromatic rings. The molecule has 0 fully saturated rings. The van der Waals surface area contributed by atoms with Gasteiger partial charge < -0.3 is 10.1 Å². The summed E-state index contributed by atoms with van der Waals surface area (Å²) in [6.45, 7) is 1.97. The van der Waals surface area contributed by atoms with Crippen molar-refractivity contribution >= 4 is 21.6 Å². The molecule has 108 valence electrons. The number of benzene rings is 2. The number of methoxy groups -OCH3 is 1. The average Bonchev–Trinajstić information content (AvgIpc) is 2.50. The highest BCUT2D eigenvalue weighted by atomic mass is 79.9. The standard InChI is InChI=1S/C16H14BrFN2O/c1-10(12-4-5-14(18)13(17)8-12)20-15-6-3-11(9-19)7-16(15)21-2/h3-8,10,20H,1-2H3. The van der Waals surface area contributed by atoms with Crippen LogP contribution in [0, 0.1) is 17.1 Å². The number of halogens is 2. The molecule has 0 aromatic heterocycles. The van der Waals surface area contributed by atoms with Gasteiger partial charge in [-0.15, -0.1) is 0 Å². The van der Waals surface area contributed by atoms with E-state index >= 15 is 0 Å². The first-order valence-corrected chi connectivity index (χ1v) is 7.14. The first-order valence-electron chi connectivity index (χ1n) is 6.34. The number of hydrogen-bond donors (Lipinski definition) is 1. The molecule has 21 heavy (non-hydrogen) atoms. The third-order valence-corrected chi connectivity index (χ3v) is 3.75. The maximum Gasteiger partial charge on any atom is 0.143 e. The van der Waals surface area contributed by atoms with E-state index < -0.39 is 0 Å². The Bertz CT molecular complexity index is 697. The Kier molecular flexibility index (Phi) is 4.81. The maximum atomic E-state index is 13.3. The summed E-state index contributed by atoms with van der Waals surface area (Å²) in [6, 6.07) is 12.1. The van der Waals surface area contributed by atoms with Gasteiger partial charge >= 0.3 is 0 Å². The molecule has 0 saturated carbocycles. The van der Waals surface area contributed by atoms with Crippen molar-refractivity contribution in [2.75, 3.05) is 12.4 Å². The highest BCUT2D eigenvalue weighted by Gasteiger charge is 2.11. The first kappa shape index (κ1) is 15.3. The highest BCUT2D eigenvalue weighted by molar-refractivity contribution is 9.10. The van der Waals surface area contributed by atoms with Gasteiger partial charge in [0, 0.05) is 12.1 Å². The van der Waals surface area contributed by atoms with Crippen molar-refractivity contribution in [3.05, 3.63) is 57.8 Å². The van der Waals surface area contributed by atoms with E-state index in [1.807, 2.05) is 6.92 Å². The molecule has 0 radical (unpaired) electrons. The average molecular weight is 349 g/mol. The van der Waals surface area contributed by atoms with Crippen molar-refractivity contribution in [3.63, 3.8) is 0 Å². The Morgan fingerprint density at radius 2 is 2.05 bits per heavy atom. The number of nitrogens with one attached hydrogen (secondary N) is 1. The zero-order valence-corrected chi connectivity index (χ0v) is 13.2. The highest BCUT2D eigenvalue weighted by Crippen LogP contribution is 2.30. The van der Waals surface area contributed by atoms with Gasteiger partial charge in [-0.2, -0.15) is 5.26 Å². The van der Waals surface area contributed by atoms with Gasteiger partial charge in [0.2, 0.25) is 0 Å². The minimum absolute atomic E-state index is 0.0382. The summed E-state index contributed by atoms with van der Waals surface area (Å²) < 4.78 is 19.0. The van der Waals surface area contributed by atoms with E-state index in [4.69, 9.17) is 10.00 Å². The number of nitriles is 1. The minimum atomic E-state index is -0.290.